The van der Waals surface area contributed by atoms with Crippen molar-refractivity contribution in [1.29, 1.82) is 5.41 Å². The molecule has 0 aliphatic carbocycles. The first kappa shape index (κ1) is 12.6. The smallest absolute Gasteiger partial charge is 0.0617 e. The van der Waals surface area contributed by atoms with Gasteiger partial charge in [0.1, 0.15) is 0 Å². The van der Waals surface area contributed by atoms with Crippen molar-refractivity contribution in [1.82, 2.24) is 0 Å². The Labute approximate surface area is 101 Å². The highest BCUT2D eigenvalue weighted by Crippen LogP contribution is 2.23. The van der Waals surface area contributed by atoms with Gasteiger partial charge in [-0.05, 0) is 28.4 Å². The largest absolute Gasteiger partial charge is 0.308 e. The first-order chi connectivity index (χ1) is 7.20. The molecule has 0 spiro atoms. The van der Waals surface area contributed by atoms with Crippen LogP contribution in [0.15, 0.2) is 27.6 Å². The fourth-order valence-corrected chi connectivity index (χ4v) is 3.61. The summed E-state index contributed by atoms with van der Waals surface area (Å²) in [6.45, 7) is 2.08. The Bertz CT molecular complexity index is 379. The monoisotopic (exact) mass is 287 g/mol. The number of halogens is 1. The zero-order valence-electron chi connectivity index (χ0n) is 8.63. The molecular weight excluding hydrogens is 274 g/mol. The highest BCUT2D eigenvalue weighted by atomic mass is 79.9. The maximum Gasteiger partial charge on any atom is 0.0617 e. The number of benzene rings is 1. The van der Waals surface area contributed by atoms with Crippen LogP contribution in [0, 0.1) is 5.41 Å². The summed E-state index contributed by atoms with van der Waals surface area (Å²) in [5.41, 5.74) is 0.735. The second-order valence-electron chi connectivity index (χ2n) is 3.21. The number of rotatable bonds is 5. The molecule has 0 radical (unpaired) electrons. The third kappa shape index (κ3) is 3.24. The van der Waals surface area contributed by atoms with E-state index in [9.17, 15) is 4.21 Å². The van der Waals surface area contributed by atoms with Crippen LogP contribution in [0.25, 0.3) is 0 Å². The van der Waals surface area contributed by atoms with Gasteiger partial charge < -0.3 is 5.41 Å². The van der Waals surface area contributed by atoms with Gasteiger partial charge in [-0.3, -0.25) is 4.21 Å². The molecule has 2 nitrogen and oxygen atoms in total. The van der Waals surface area contributed by atoms with Crippen molar-refractivity contribution in [3.05, 3.63) is 28.2 Å². The van der Waals surface area contributed by atoms with Gasteiger partial charge in [0.05, 0.1) is 15.7 Å². The van der Waals surface area contributed by atoms with Gasteiger partial charge in [-0.2, -0.15) is 0 Å². The predicted molar refractivity (Wildman–Crippen MR) is 68.2 cm³/mol. The lowest BCUT2D eigenvalue weighted by molar-refractivity contribution is 0.679. The fourth-order valence-electron chi connectivity index (χ4n) is 1.26. The minimum Gasteiger partial charge on any atom is -0.308 e. The molecule has 1 rings (SSSR count). The Morgan fingerprint density at radius 3 is 2.87 bits per heavy atom. The summed E-state index contributed by atoms with van der Waals surface area (Å²) in [5.74, 6) is 0.667. The van der Waals surface area contributed by atoms with Crippen molar-refractivity contribution in [2.45, 2.75) is 24.7 Å². The maximum absolute atomic E-state index is 12.0. The number of hydrogen-bond acceptors (Lipinski definition) is 2. The Morgan fingerprint density at radius 2 is 2.27 bits per heavy atom. The van der Waals surface area contributed by atoms with Crippen LogP contribution in [-0.4, -0.2) is 16.2 Å². The van der Waals surface area contributed by atoms with Crippen LogP contribution in [0.4, 0.5) is 0 Å². The van der Waals surface area contributed by atoms with Gasteiger partial charge in [0, 0.05) is 22.0 Å². The highest BCUT2D eigenvalue weighted by Gasteiger charge is 2.11. The number of nitrogens with one attached hydrogen (secondary N) is 1. The third-order valence-corrected chi connectivity index (χ3v) is 4.56. The van der Waals surface area contributed by atoms with Gasteiger partial charge in [0.15, 0.2) is 0 Å². The number of hydrogen-bond donors (Lipinski definition) is 1. The van der Waals surface area contributed by atoms with E-state index in [1.165, 1.54) is 6.21 Å². The molecule has 0 aliphatic rings. The minimum atomic E-state index is -1.00. The second-order valence-corrected chi connectivity index (χ2v) is 5.57. The Morgan fingerprint density at radius 1 is 1.53 bits per heavy atom. The molecule has 0 heterocycles. The van der Waals surface area contributed by atoms with Crippen LogP contribution in [0.5, 0.6) is 0 Å². The highest BCUT2D eigenvalue weighted by molar-refractivity contribution is 9.10. The molecule has 0 saturated carbocycles. The normalized spacial score (nSPS) is 12.4. The van der Waals surface area contributed by atoms with Gasteiger partial charge in [-0.15, -0.1) is 0 Å². The molecule has 0 aromatic heterocycles. The summed E-state index contributed by atoms with van der Waals surface area (Å²) in [4.78, 5) is 0.751. The van der Waals surface area contributed by atoms with Gasteiger partial charge >= 0.3 is 0 Å². The molecule has 4 heteroatoms. The van der Waals surface area contributed by atoms with Crippen LogP contribution >= 0.6 is 15.9 Å². The van der Waals surface area contributed by atoms with E-state index in [0.717, 1.165) is 27.8 Å². The summed E-state index contributed by atoms with van der Waals surface area (Å²) in [6.07, 6.45) is 3.24. The maximum atomic E-state index is 12.0. The summed E-state index contributed by atoms with van der Waals surface area (Å²) in [5, 5.41) is 7.27. The van der Waals surface area contributed by atoms with Crippen LogP contribution in [-0.2, 0) is 10.8 Å². The molecular formula is C11H14BrNOS. The molecule has 1 aromatic carbocycles. The van der Waals surface area contributed by atoms with Crippen molar-refractivity contribution in [2.24, 2.45) is 0 Å². The molecule has 1 N–H and O–H groups in total. The summed E-state index contributed by atoms with van der Waals surface area (Å²) in [7, 11) is -1.00. The molecule has 0 fully saturated rings. The standard InChI is InChI=1S/C11H14BrNOS/c1-2-3-7-15(14)11-9(8-13)5-4-6-10(11)12/h4-6,8,13H,2-3,7H2,1H3. The lowest BCUT2D eigenvalue weighted by atomic mass is 10.2. The quantitative estimate of drug-likeness (QED) is 0.829. The zero-order chi connectivity index (χ0) is 11.3. The van der Waals surface area contributed by atoms with Crippen molar-refractivity contribution in [2.75, 3.05) is 5.75 Å². The zero-order valence-corrected chi connectivity index (χ0v) is 11.0. The van der Waals surface area contributed by atoms with Gasteiger partial charge in [0.25, 0.3) is 0 Å². The average Bonchev–Trinajstić information content (AvgIpc) is 2.25. The molecule has 0 bridgehead atoms. The number of unbranched alkanes of at least 4 members (excludes halogenated alkanes) is 1. The van der Waals surface area contributed by atoms with E-state index in [2.05, 4.69) is 22.9 Å². The van der Waals surface area contributed by atoms with Crippen molar-refractivity contribution >= 4 is 32.9 Å². The Balaban J connectivity index is 3.00. The lowest BCUT2D eigenvalue weighted by Gasteiger charge is -2.07. The van der Waals surface area contributed by atoms with E-state index in [4.69, 9.17) is 5.41 Å². The van der Waals surface area contributed by atoms with Gasteiger partial charge in [-0.25, -0.2) is 0 Å². The topological polar surface area (TPSA) is 40.9 Å². The van der Waals surface area contributed by atoms with Gasteiger partial charge in [-0.1, -0.05) is 25.5 Å². The molecule has 0 amide bonds. The lowest BCUT2D eigenvalue weighted by Crippen LogP contribution is -2.02. The van der Waals surface area contributed by atoms with E-state index in [1.807, 2.05) is 18.2 Å². The summed E-state index contributed by atoms with van der Waals surface area (Å²) in [6, 6.07) is 5.54. The minimum absolute atomic E-state index is 0.667. The van der Waals surface area contributed by atoms with Crippen molar-refractivity contribution in [3.8, 4) is 0 Å². The molecule has 1 unspecified atom stereocenters. The van der Waals surface area contributed by atoms with Crippen molar-refractivity contribution < 1.29 is 4.21 Å². The molecule has 1 atom stereocenters. The van der Waals surface area contributed by atoms with Crippen LogP contribution in [0.3, 0.4) is 0 Å². The van der Waals surface area contributed by atoms with E-state index in [1.54, 1.807) is 0 Å². The van der Waals surface area contributed by atoms with E-state index in [-0.39, 0.29) is 0 Å². The van der Waals surface area contributed by atoms with Crippen LogP contribution in [0.1, 0.15) is 25.3 Å². The SMILES string of the molecule is CCCCS(=O)c1c(Br)cccc1C=N. The molecule has 0 aliphatic heterocycles. The fraction of sp³-hybridized carbons (Fsp3) is 0.364. The molecule has 1 aromatic rings. The van der Waals surface area contributed by atoms with Crippen LogP contribution in [0.2, 0.25) is 0 Å². The average molecular weight is 288 g/mol. The van der Waals surface area contributed by atoms with Crippen molar-refractivity contribution in [3.63, 3.8) is 0 Å². The first-order valence-corrected chi connectivity index (χ1v) is 6.99. The van der Waals surface area contributed by atoms with Gasteiger partial charge in [0.2, 0.25) is 0 Å². The van der Waals surface area contributed by atoms with E-state index in [0.29, 0.717) is 5.75 Å². The first-order valence-electron chi connectivity index (χ1n) is 4.88. The van der Waals surface area contributed by atoms with E-state index >= 15 is 0 Å². The molecule has 82 valence electrons. The second kappa shape index (κ2) is 6.18. The summed E-state index contributed by atoms with van der Waals surface area (Å²) < 4.78 is 12.8. The van der Waals surface area contributed by atoms with Crippen LogP contribution < -0.4 is 0 Å². The summed E-state index contributed by atoms with van der Waals surface area (Å²) >= 11 is 3.38. The Hall–Kier alpha value is -0.480. The third-order valence-electron chi connectivity index (χ3n) is 2.06. The Kier molecular flexibility index (Phi) is 5.19. The van der Waals surface area contributed by atoms with E-state index < -0.39 is 10.8 Å². The predicted octanol–water partition coefficient (Wildman–Crippen LogP) is 3.35. The molecule has 0 saturated heterocycles. The molecule has 15 heavy (non-hydrogen) atoms.